The molecule has 0 radical (unpaired) electrons. The molecule has 0 aliphatic heterocycles. The van der Waals surface area contributed by atoms with Crippen LogP contribution in [0.4, 0.5) is 0 Å². The predicted molar refractivity (Wildman–Crippen MR) is 94.4 cm³/mol. The first-order chi connectivity index (χ1) is 10.2. The van der Waals surface area contributed by atoms with Gasteiger partial charge in [-0.05, 0) is 47.9 Å². The van der Waals surface area contributed by atoms with E-state index >= 15 is 0 Å². The summed E-state index contributed by atoms with van der Waals surface area (Å²) in [5, 5.41) is 0. The summed E-state index contributed by atoms with van der Waals surface area (Å²) < 4.78 is 0. The molecule has 0 bridgehead atoms. The second-order valence-electron chi connectivity index (χ2n) is 5.80. The van der Waals surface area contributed by atoms with Crippen molar-refractivity contribution in [3.05, 3.63) is 59.7 Å². The lowest BCUT2D eigenvalue weighted by Crippen LogP contribution is -1.96. The van der Waals surface area contributed by atoms with Crippen LogP contribution in [0.5, 0.6) is 0 Å². The molecule has 2 aromatic carbocycles. The molecular formula is C20H26S. The summed E-state index contributed by atoms with van der Waals surface area (Å²) in [7, 11) is 0. The fourth-order valence-electron chi connectivity index (χ4n) is 2.52. The number of hydrogen-bond donors (Lipinski definition) is 0. The molecule has 0 amide bonds. The van der Waals surface area contributed by atoms with Gasteiger partial charge in [-0.1, -0.05) is 75.9 Å². The van der Waals surface area contributed by atoms with Crippen LogP contribution in [0.25, 0.3) is 0 Å². The summed E-state index contributed by atoms with van der Waals surface area (Å²) in [6.45, 7) is 9.17. The second-order valence-corrected chi connectivity index (χ2v) is 6.88. The van der Waals surface area contributed by atoms with Gasteiger partial charge in [-0.15, -0.1) is 0 Å². The average Bonchev–Trinajstić information content (AvgIpc) is 2.54. The highest BCUT2D eigenvalue weighted by Gasteiger charge is 2.13. The van der Waals surface area contributed by atoms with Crippen molar-refractivity contribution in [3.8, 4) is 0 Å². The van der Waals surface area contributed by atoms with Crippen LogP contribution >= 0.6 is 11.8 Å². The molecule has 0 fully saturated rings. The van der Waals surface area contributed by atoms with E-state index in [1.165, 1.54) is 33.8 Å². The van der Waals surface area contributed by atoms with Crippen molar-refractivity contribution in [3.63, 3.8) is 0 Å². The van der Waals surface area contributed by atoms with Gasteiger partial charge in [0.15, 0.2) is 0 Å². The van der Waals surface area contributed by atoms with Gasteiger partial charge in [0, 0.05) is 9.79 Å². The Bertz CT molecular complexity index is 522. The molecule has 0 saturated heterocycles. The lowest BCUT2D eigenvalue weighted by molar-refractivity contribution is 0.715. The van der Waals surface area contributed by atoms with Crippen molar-refractivity contribution in [2.24, 2.45) is 0 Å². The maximum atomic E-state index is 2.32. The highest BCUT2D eigenvalue weighted by atomic mass is 32.2. The van der Waals surface area contributed by atoms with Crippen LogP contribution in [0.1, 0.15) is 63.5 Å². The van der Waals surface area contributed by atoms with E-state index in [0.29, 0.717) is 11.8 Å². The van der Waals surface area contributed by atoms with E-state index in [0.717, 1.165) is 0 Å². The van der Waals surface area contributed by atoms with E-state index in [1.54, 1.807) is 0 Å². The molecule has 0 aromatic heterocycles. The Morgan fingerprint density at radius 2 is 1.10 bits per heavy atom. The van der Waals surface area contributed by atoms with Gasteiger partial charge < -0.3 is 0 Å². The summed E-state index contributed by atoms with van der Waals surface area (Å²) in [6.07, 6.45) is 2.37. The predicted octanol–water partition coefficient (Wildman–Crippen LogP) is 6.86. The maximum absolute atomic E-state index is 2.32. The first kappa shape index (κ1) is 16.2. The van der Waals surface area contributed by atoms with Crippen LogP contribution in [-0.4, -0.2) is 0 Å². The minimum absolute atomic E-state index is 0.615. The van der Waals surface area contributed by atoms with Crippen LogP contribution < -0.4 is 0 Å². The standard InChI is InChI=1S/C20H26S/c1-5-15(3)17-11-7-9-13-19(17)21-20-14-10-8-12-18(20)16(4)6-2/h7-16H,5-6H2,1-4H3. The first-order valence-corrected chi connectivity index (χ1v) is 8.84. The van der Waals surface area contributed by atoms with Gasteiger partial charge in [0.25, 0.3) is 0 Å². The second kappa shape index (κ2) is 7.70. The molecule has 2 unspecified atom stereocenters. The molecule has 2 aromatic rings. The zero-order chi connectivity index (χ0) is 15.2. The SMILES string of the molecule is CCC(C)c1ccccc1Sc1ccccc1C(C)CC. The van der Waals surface area contributed by atoms with Crippen molar-refractivity contribution in [1.82, 2.24) is 0 Å². The summed E-state index contributed by atoms with van der Waals surface area (Å²) in [4.78, 5) is 2.81. The first-order valence-electron chi connectivity index (χ1n) is 8.03. The molecule has 21 heavy (non-hydrogen) atoms. The highest BCUT2D eigenvalue weighted by molar-refractivity contribution is 7.99. The fraction of sp³-hybridized carbons (Fsp3) is 0.400. The van der Waals surface area contributed by atoms with Crippen LogP contribution in [0.15, 0.2) is 58.3 Å². The summed E-state index contributed by atoms with van der Waals surface area (Å²) >= 11 is 1.93. The lowest BCUT2D eigenvalue weighted by atomic mass is 9.99. The molecule has 2 atom stereocenters. The molecule has 0 saturated carbocycles. The molecule has 2 rings (SSSR count). The van der Waals surface area contributed by atoms with Crippen LogP contribution in [0.2, 0.25) is 0 Å². The molecule has 0 heterocycles. The van der Waals surface area contributed by atoms with Gasteiger partial charge in [0.1, 0.15) is 0 Å². The third-order valence-corrected chi connectivity index (χ3v) is 5.53. The lowest BCUT2D eigenvalue weighted by Gasteiger charge is -2.18. The van der Waals surface area contributed by atoms with E-state index in [4.69, 9.17) is 0 Å². The van der Waals surface area contributed by atoms with Crippen molar-refractivity contribution >= 4 is 11.8 Å². The van der Waals surface area contributed by atoms with Gasteiger partial charge in [0.2, 0.25) is 0 Å². The van der Waals surface area contributed by atoms with E-state index in [1.807, 2.05) is 11.8 Å². The van der Waals surface area contributed by atoms with Gasteiger partial charge in [0.05, 0.1) is 0 Å². The van der Waals surface area contributed by atoms with Crippen molar-refractivity contribution in [2.75, 3.05) is 0 Å². The quantitative estimate of drug-likeness (QED) is 0.561. The molecule has 1 heteroatoms. The Morgan fingerprint density at radius 1 is 0.714 bits per heavy atom. The van der Waals surface area contributed by atoms with Crippen LogP contribution in [0, 0.1) is 0 Å². The normalized spacial score (nSPS) is 13.9. The molecule has 112 valence electrons. The molecule has 0 nitrogen and oxygen atoms in total. The van der Waals surface area contributed by atoms with E-state index in [9.17, 15) is 0 Å². The third-order valence-electron chi connectivity index (χ3n) is 4.34. The molecule has 0 aliphatic carbocycles. The highest BCUT2D eigenvalue weighted by Crippen LogP contribution is 2.38. The summed E-state index contributed by atoms with van der Waals surface area (Å²) in [5.74, 6) is 1.23. The Labute approximate surface area is 134 Å². The number of hydrogen-bond acceptors (Lipinski definition) is 1. The molecule has 0 spiro atoms. The van der Waals surface area contributed by atoms with E-state index in [-0.39, 0.29) is 0 Å². The van der Waals surface area contributed by atoms with Crippen molar-refractivity contribution < 1.29 is 0 Å². The summed E-state index contributed by atoms with van der Waals surface area (Å²) in [6, 6.07) is 17.7. The smallest absolute Gasteiger partial charge is 0.0157 e. The maximum Gasteiger partial charge on any atom is 0.0157 e. The van der Waals surface area contributed by atoms with Crippen LogP contribution in [0.3, 0.4) is 0 Å². The Morgan fingerprint density at radius 3 is 1.48 bits per heavy atom. The van der Waals surface area contributed by atoms with Crippen molar-refractivity contribution in [2.45, 2.75) is 62.2 Å². The molecule has 0 aliphatic rings. The van der Waals surface area contributed by atoms with Gasteiger partial charge in [-0.25, -0.2) is 0 Å². The number of benzene rings is 2. The largest absolute Gasteiger partial charge is 0.0895 e. The Balaban J connectivity index is 2.35. The van der Waals surface area contributed by atoms with Crippen molar-refractivity contribution in [1.29, 1.82) is 0 Å². The van der Waals surface area contributed by atoms with E-state index < -0.39 is 0 Å². The number of rotatable bonds is 6. The monoisotopic (exact) mass is 298 g/mol. The minimum atomic E-state index is 0.615. The summed E-state index contributed by atoms with van der Waals surface area (Å²) in [5.41, 5.74) is 2.95. The zero-order valence-corrected chi connectivity index (χ0v) is 14.4. The molecule has 0 N–H and O–H groups in total. The Hall–Kier alpha value is -1.21. The zero-order valence-electron chi connectivity index (χ0n) is 13.6. The average molecular weight is 298 g/mol. The fourth-order valence-corrected chi connectivity index (χ4v) is 3.82. The van der Waals surface area contributed by atoms with Gasteiger partial charge in [-0.2, -0.15) is 0 Å². The van der Waals surface area contributed by atoms with Gasteiger partial charge in [-0.3, -0.25) is 0 Å². The third kappa shape index (κ3) is 3.91. The minimum Gasteiger partial charge on any atom is -0.0895 e. The topological polar surface area (TPSA) is 0 Å². The van der Waals surface area contributed by atoms with Gasteiger partial charge >= 0.3 is 0 Å². The Kier molecular flexibility index (Phi) is 5.93. The molecular weight excluding hydrogens is 272 g/mol. The van der Waals surface area contributed by atoms with E-state index in [2.05, 4.69) is 76.2 Å². The van der Waals surface area contributed by atoms with Crippen LogP contribution in [-0.2, 0) is 0 Å².